The smallest absolute Gasteiger partial charge is 0.408 e. The normalized spacial score (nSPS) is 12.9. The van der Waals surface area contributed by atoms with E-state index in [1.54, 1.807) is 26.8 Å². The highest BCUT2D eigenvalue weighted by Crippen LogP contribution is 2.24. The maximum absolute atomic E-state index is 11.9. The third kappa shape index (κ3) is 5.13. The molecule has 0 fully saturated rings. The van der Waals surface area contributed by atoms with Gasteiger partial charge in [0.2, 0.25) is 5.76 Å². The zero-order valence-corrected chi connectivity index (χ0v) is 13.4. The second-order valence-corrected chi connectivity index (χ2v) is 6.06. The second-order valence-electron chi connectivity index (χ2n) is 6.06. The first-order valence-corrected chi connectivity index (χ1v) is 6.81. The van der Waals surface area contributed by atoms with Crippen LogP contribution >= 0.6 is 0 Å². The molecule has 0 radical (unpaired) electrons. The molecule has 0 aliphatic rings. The van der Waals surface area contributed by atoms with Gasteiger partial charge in [0.05, 0.1) is 13.2 Å². The molecule has 6 heteroatoms. The summed E-state index contributed by atoms with van der Waals surface area (Å²) in [6.45, 7) is 9.24. The zero-order valence-electron chi connectivity index (χ0n) is 13.4. The zero-order chi connectivity index (χ0) is 16.2. The van der Waals surface area contributed by atoms with Crippen molar-refractivity contribution in [2.75, 3.05) is 7.11 Å². The van der Waals surface area contributed by atoms with E-state index in [0.717, 1.165) is 0 Å². The highest BCUT2D eigenvalue weighted by Gasteiger charge is 2.26. The molecule has 0 bridgehead atoms. The Morgan fingerprint density at radius 1 is 1.24 bits per heavy atom. The van der Waals surface area contributed by atoms with Crippen LogP contribution in [0.25, 0.3) is 0 Å². The number of nitrogens with one attached hydrogen (secondary N) is 1. The van der Waals surface area contributed by atoms with Crippen LogP contribution in [0.4, 0.5) is 4.79 Å². The molecular formula is C15H23NO5. The minimum atomic E-state index is -0.577. The van der Waals surface area contributed by atoms with Crippen molar-refractivity contribution in [3.63, 3.8) is 0 Å². The molecule has 0 saturated carbocycles. The summed E-state index contributed by atoms with van der Waals surface area (Å²) < 4.78 is 15.3. The molecule has 0 aliphatic heterocycles. The molecule has 1 heterocycles. The van der Waals surface area contributed by atoms with Crippen molar-refractivity contribution in [2.24, 2.45) is 5.92 Å². The van der Waals surface area contributed by atoms with Gasteiger partial charge in [-0.2, -0.15) is 0 Å². The molecule has 1 atom stereocenters. The molecule has 21 heavy (non-hydrogen) atoms. The Labute approximate surface area is 124 Å². The summed E-state index contributed by atoms with van der Waals surface area (Å²) in [5.41, 5.74) is -0.577. The van der Waals surface area contributed by atoms with Crippen LogP contribution in [0.2, 0.25) is 0 Å². The maximum atomic E-state index is 11.9. The molecule has 1 rings (SSSR count). The number of esters is 1. The van der Waals surface area contributed by atoms with E-state index in [1.165, 1.54) is 13.2 Å². The molecule has 6 nitrogen and oxygen atoms in total. The average molecular weight is 297 g/mol. The quantitative estimate of drug-likeness (QED) is 0.863. The molecule has 1 amide bonds. The van der Waals surface area contributed by atoms with Gasteiger partial charge >= 0.3 is 12.1 Å². The number of furan rings is 1. The summed E-state index contributed by atoms with van der Waals surface area (Å²) in [6.07, 6.45) is -0.530. The van der Waals surface area contributed by atoms with E-state index in [0.29, 0.717) is 5.76 Å². The number of amides is 1. The summed E-state index contributed by atoms with van der Waals surface area (Å²) >= 11 is 0. The Morgan fingerprint density at radius 2 is 1.86 bits per heavy atom. The summed E-state index contributed by atoms with van der Waals surface area (Å²) in [4.78, 5) is 23.3. The van der Waals surface area contributed by atoms with E-state index in [2.05, 4.69) is 10.1 Å². The second kappa shape index (κ2) is 6.65. The van der Waals surface area contributed by atoms with E-state index in [9.17, 15) is 9.59 Å². The minimum absolute atomic E-state index is 0.0640. The first-order valence-electron chi connectivity index (χ1n) is 6.81. The number of rotatable bonds is 4. The van der Waals surface area contributed by atoms with Gasteiger partial charge in [0, 0.05) is 0 Å². The van der Waals surface area contributed by atoms with Gasteiger partial charge in [0.1, 0.15) is 11.4 Å². The van der Waals surface area contributed by atoms with Gasteiger partial charge in [0.15, 0.2) is 0 Å². The van der Waals surface area contributed by atoms with Gasteiger partial charge in [-0.15, -0.1) is 0 Å². The van der Waals surface area contributed by atoms with E-state index >= 15 is 0 Å². The van der Waals surface area contributed by atoms with Crippen LogP contribution in [0.3, 0.4) is 0 Å². The Kier molecular flexibility index (Phi) is 5.41. The van der Waals surface area contributed by atoms with Crippen LogP contribution in [0.15, 0.2) is 16.5 Å². The van der Waals surface area contributed by atoms with E-state index in [1.807, 2.05) is 13.8 Å². The van der Waals surface area contributed by atoms with Crippen molar-refractivity contribution in [1.82, 2.24) is 5.32 Å². The largest absolute Gasteiger partial charge is 0.463 e. The third-order valence-electron chi connectivity index (χ3n) is 2.66. The predicted molar refractivity (Wildman–Crippen MR) is 77.0 cm³/mol. The SMILES string of the molecule is COC(=O)c1ccc([C@H](NC(=O)OC(C)(C)C)C(C)C)o1. The molecule has 1 N–H and O–H groups in total. The van der Waals surface area contributed by atoms with Crippen LogP contribution in [0, 0.1) is 5.92 Å². The molecule has 1 aromatic heterocycles. The highest BCUT2D eigenvalue weighted by atomic mass is 16.6. The van der Waals surface area contributed by atoms with Crippen molar-refractivity contribution in [3.05, 3.63) is 23.7 Å². The standard InChI is InChI=1S/C15H23NO5/c1-9(2)12(16-14(18)21-15(3,4)5)10-7-8-11(20-10)13(17)19-6/h7-9,12H,1-6H3,(H,16,18)/t12-/m1/s1. The molecule has 118 valence electrons. The summed E-state index contributed by atoms with van der Waals surface area (Å²) in [5, 5.41) is 2.75. The predicted octanol–water partition coefficient (Wildman–Crippen LogP) is 3.29. The van der Waals surface area contributed by atoms with Crippen LogP contribution in [-0.2, 0) is 9.47 Å². The number of carbonyl (C=O) groups excluding carboxylic acids is 2. The fourth-order valence-electron chi connectivity index (χ4n) is 1.73. The molecule has 0 saturated heterocycles. The van der Waals surface area contributed by atoms with Crippen LogP contribution in [0.5, 0.6) is 0 Å². The van der Waals surface area contributed by atoms with Crippen molar-refractivity contribution in [1.29, 1.82) is 0 Å². The molecule has 0 aromatic carbocycles. The van der Waals surface area contributed by atoms with E-state index < -0.39 is 23.7 Å². The number of carbonyl (C=O) groups is 2. The lowest BCUT2D eigenvalue weighted by molar-refractivity contribution is 0.0480. The number of hydrogen-bond acceptors (Lipinski definition) is 5. The lowest BCUT2D eigenvalue weighted by atomic mass is 10.0. The Bertz CT molecular complexity index is 498. The van der Waals surface area contributed by atoms with Crippen molar-refractivity contribution >= 4 is 12.1 Å². The maximum Gasteiger partial charge on any atom is 0.408 e. The van der Waals surface area contributed by atoms with Gasteiger partial charge < -0.3 is 19.2 Å². The van der Waals surface area contributed by atoms with E-state index in [-0.39, 0.29) is 11.7 Å². The van der Waals surface area contributed by atoms with E-state index in [4.69, 9.17) is 9.15 Å². The van der Waals surface area contributed by atoms with Gasteiger partial charge in [-0.1, -0.05) is 13.8 Å². The van der Waals surface area contributed by atoms with Gasteiger partial charge in [-0.05, 0) is 38.8 Å². The third-order valence-corrected chi connectivity index (χ3v) is 2.66. The summed E-state index contributed by atoms with van der Waals surface area (Å²) in [7, 11) is 1.28. The molecule has 0 spiro atoms. The fraction of sp³-hybridized carbons (Fsp3) is 0.600. The minimum Gasteiger partial charge on any atom is -0.463 e. The van der Waals surface area contributed by atoms with Crippen molar-refractivity contribution in [2.45, 2.75) is 46.3 Å². The number of ether oxygens (including phenoxy) is 2. The Morgan fingerprint density at radius 3 is 2.33 bits per heavy atom. The Hall–Kier alpha value is -1.98. The lowest BCUT2D eigenvalue weighted by Gasteiger charge is -2.24. The monoisotopic (exact) mass is 297 g/mol. The van der Waals surface area contributed by atoms with Gasteiger partial charge in [-0.3, -0.25) is 0 Å². The molecular weight excluding hydrogens is 274 g/mol. The van der Waals surface area contributed by atoms with Crippen LogP contribution in [0.1, 0.15) is 57.0 Å². The first kappa shape index (κ1) is 17.1. The van der Waals surface area contributed by atoms with Gasteiger partial charge in [-0.25, -0.2) is 9.59 Å². The average Bonchev–Trinajstić information content (AvgIpc) is 2.81. The summed E-state index contributed by atoms with van der Waals surface area (Å²) in [6, 6.07) is 2.78. The highest BCUT2D eigenvalue weighted by molar-refractivity contribution is 5.86. The molecule has 0 aliphatic carbocycles. The van der Waals surface area contributed by atoms with Gasteiger partial charge in [0.25, 0.3) is 0 Å². The van der Waals surface area contributed by atoms with Crippen LogP contribution < -0.4 is 5.32 Å². The lowest BCUT2D eigenvalue weighted by Crippen LogP contribution is -2.36. The number of alkyl carbamates (subject to hydrolysis) is 1. The Balaban J connectivity index is 2.85. The number of methoxy groups -OCH3 is 1. The molecule has 1 aromatic rings. The van der Waals surface area contributed by atoms with Crippen molar-refractivity contribution in [3.8, 4) is 0 Å². The number of hydrogen-bond donors (Lipinski definition) is 1. The van der Waals surface area contributed by atoms with Crippen molar-refractivity contribution < 1.29 is 23.5 Å². The first-order chi connectivity index (χ1) is 9.64. The molecule has 0 unspecified atom stereocenters. The topological polar surface area (TPSA) is 77.8 Å². The summed E-state index contributed by atoms with van der Waals surface area (Å²) in [5.74, 6) is 0.0931. The fourth-order valence-corrected chi connectivity index (χ4v) is 1.73. The van der Waals surface area contributed by atoms with Crippen LogP contribution in [-0.4, -0.2) is 24.8 Å².